The Balaban J connectivity index is 2.26. The van der Waals surface area contributed by atoms with Crippen LogP contribution in [0.3, 0.4) is 0 Å². The molecule has 0 aliphatic carbocycles. The first-order valence-electron chi connectivity index (χ1n) is 7.33. The van der Waals surface area contributed by atoms with Crippen molar-refractivity contribution in [2.24, 2.45) is 0 Å². The molecule has 0 unspecified atom stereocenters. The van der Waals surface area contributed by atoms with Crippen LogP contribution in [0, 0.1) is 0 Å². The maximum Gasteiger partial charge on any atom is 0.255 e. The normalized spacial score (nSPS) is 10.1. The molecule has 2 rings (SSSR count). The van der Waals surface area contributed by atoms with E-state index in [1.807, 2.05) is 24.3 Å². The fraction of sp³-hybridized carbons (Fsp3) is 0.278. The van der Waals surface area contributed by atoms with Crippen molar-refractivity contribution in [3.8, 4) is 17.2 Å². The highest BCUT2D eigenvalue weighted by Gasteiger charge is 2.15. The van der Waals surface area contributed by atoms with Gasteiger partial charge in [0.1, 0.15) is 0 Å². The van der Waals surface area contributed by atoms with Gasteiger partial charge in [-0.05, 0) is 24.1 Å². The topological polar surface area (TPSA) is 56.8 Å². The highest BCUT2D eigenvalue weighted by atomic mass is 16.5. The second kappa shape index (κ2) is 7.54. The number of aryl methyl sites for hydroxylation is 1. The smallest absolute Gasteiger partial charge is 0.255 e. The van der Waals surface area contributed by atoms with Crippen molar-refractivity contribution >= 4 is 11.6 Å². The molecule has 5 heteroatoms. The Labute approximate surface area is 136 Å². The maximum atomic E-state index is 12.3. The average molecular weight is 315 g/mol. The first-order chi connectivity index (χ1) is 11.1. The molecule has 0 saturated heterocycles. The second-order valence-corrected chi connectivity index (χ2v) is 4.92. The molecule has 0 heterocycles. The van der Waals surface area contributed by atoms with Crippen LogP contribution in [0.15, 0.2) is 36.4 Å². The molecule has 122 valence electrons. The summed E-state index contributed by atoms with van der Waals surface area (Å²) in [5.41, 5.74) is 2.36. The molecule has 1 N–H and O–H groups in total. The molecule has 0 radical (unpaired) electrons. The van der Waals surface area contributed by atoms with E-state index in [2.05, 4.69) is 12.2 Å². The Hall–Kier alpha value is -2.69. The Bertz CT molecular complexity index is 655. The summed E-state index contributed by atoms with van der Waals surface area (Å²) in [6, 6.07) is 10.9. The molecule has 2 aromatic carbocycles. The first kappa shape index (κ1) is 16.7. The van der Waals surface area contributed by atoms with E-state index < -0.39 is 0 Å². The minimum absolute atomic E-state index is 0.193. The molecule has 0 aromatic heterocycles. The van der Waals surface area contributed by atoms with Crippen molar-refractivity contribution in [2.75, 3.05) is 26.6 Å². The number of rotatable bonds is 6. The number of methoxy groups -OCH3 is 3. The molecule has 5 nitrogen and oxygen atoms in total. The number of amides is 1. The average Bonchev–Trinajstić information content (AvgIpc) is 2.60. The van der Waals surface area contributed by atoms with E-state index in [1.54, 1.807) is 12.1 Å². The van der Waals surface area contributed by atoms with Gasteiger partial charge in [-0.25, -0.2) is 0 Å². The van der Waals surface area contributed by atoms with Gasteiger partial charge in [0.2, 0.25) is 5.75 Å². The third-order valence-electron chi connectivity index (χ3n) is 3.55. The van der Waals surface area contributed by atoms with E-state index in [4.69, 9.17) is 14.2 Å². The van der Waals surface area contributed by atoms with Crippen molar-refractivity contribution in [1.82, 2.24) is 0 Å². The van der Waals surface area contributed by atoms with Crippen LogP contribution in [0.25, 0.3) is 0 Å². The van der Waals surface area contributed by atoms with Crippen molar-refractivity contribution in [1.29, 1.82) is 0 Å². The number of benzene rings is 2. The van der Waals surface area contributed by atoms with Gasteiger partial charge < -0.3 is 19.5 Å². The number of anilines is 1. The fourth-order valence-electron chi connectivity index (χ4n) is 2.25. The second-order valence-electron chi connectivity index (χ2n) is 4.92. The summed E-state index contributed by atoms with van der Waals surface area (Å²) in [5, 5.41) is 2.84. The zero-order valence-corrected chi connectivity index (χ0v) is 13.8. The number of ether oxygens (including phenoxy) is 3. The summed E-state index contributed by atoms with van der Waals surface area (Å²) in [5.74, 6) is 1.27. The Kier molecular flexibility index (Phi) is 5.46. The Morgan fingerprint density at radius 1 is 0.957 bits per heavy atom. The van der Waals surface area contributed by atoms with Gasteiger partial charge in [0.05, 0.1) is 21.3 Å². The molecule has 0 bridgehead atoms. The van der Waals surface area contributed by atoms with E-state index in [0.717, 1.165) is 6.42 Å². The van der Waals surface area contributed by atoms with Crippen molar-refractivity contribution in [2.45, 2.75) is 13.3 Å². The lowest BCUT2D eigenvalue weighted by Crippen LogP contribution is -2.12. The quantitative estimate of drug-likeness (QED) is 0.886. The van der Waals surface area contributed by atoms with Gasteiger partial charge in [-0.3, -0.25) is 4.79 Å². The maximum absolute atomic E-state index is 12.3. The molecule has 0 spiro atoms. The van der Waals surface area contributed by atoms with Crippen LogP contribution in [0.1, 0.15) is 22.8 Å². The summed E-state index contributed by atoms with van der Waals surface area (Å²) in [6.07, 6.45) is 0.939. The number of nitrogens with one attached hydrogen (secondary N) is 1. The lowest BCUT2D eigenvalue weighted by atomic mass is 10.1. The molecule has 0 fully saturated rings. The predicted molar refractivity (Wildman–Crippen MR) is 89.9 cm³/mol. The number of hydrogen-bond donors (Lipinski definition) is 1. The highest BCUT2D eigenvalue weighted by molar-refractivity contribution is 6.04. The largest absolute Gasteiger partial charge is 0.493 e. The Morgan fingerprint density at radius 3 is 1.96 bits per heavy atom. The minimum atomic E-state index is -0.193. The molecule has 23 heavy (non-hydrogen) atoms. The number of carbonyl (C=O) groups is 1. The molecule has 0 aliphatic rings. The fourth-order valence-corrected chi connectivity index (χ4v) is 2.25. The van der Waals surface area contributed by atoms with Crippen LogP contribution in [0.5, 0.6) is 17.2 Å². The van der Waals surface area contributed by atoms with Crippen LogP contribution in [-0.4, -0.2) is 27.2 Å². The molecule has 1 amide bonds. The summed E-state index contributed by atoms with van der Waals surface area (Å²) >= 11 is 0. The van der Waals surface area contributed by atoms with Gasteiger partial charge in [-0.1, -0.05) is 19.1 Å². The SMILES string of the molecule is CCc1ccc(C(=O)Nc2cc(OC)c(OC)c(OC)c2)cc1. The van der Waals surface area contributed by atoms with Crippen LogP contribution in [0.2, 0.25) is 0 Å². The van der Waals surface area contributed by atoms with Gasteiger partial charge in [0, 0.05) is 23.4 Å². The molecule has 2 aromatic rings. The monoisotopic (exact) mass is 315 g/mol. The number of hydrogen-bond acceptors (Lipinski definition) is 4. The Morgan fingerprint density at radius 2 is 1.52 bits per heavy atom. The standard InChI is InChI=1S/C18H21NO4/c1-5-12-6-8-13(9-7-12)18(20)19-14-10-15(21-2)17(23-4)16(11-14)22-3/h6-11H,5H2,1-4H3,(H,19,20). The minimum Gasteiger partial charge on any atom is -0.493 e. The first-order valence-corrected chi connectivity index (χ1v) is 7.33. The third kappa shape index (κ3) is 3.74. The van der Waals surface area contributed by atoms with Crippen molar-refractivity contribution in [3.63, 3.8) is 0 Å². The van der Waals surface area contributed by atoms with Gasteiger partial charge >= 0.3 is 0 Å². The third-order valence-corrected chi connectivity index (χ3v) is 3.55. The zero-order chi connectivity index (χ0) is 16.8. The molecule has 0 saturated carbocycles. The summed E-state index contributed by atoms with van der Waals surface area (Å²) in [7, 11) is 4.60. The van der Waals surface area contributed by atoms with Gasteiger partial charge in [-0.15, -0.1) is 0 Å². The highest BCUT2D eigenvalue weighted by Crippen LogP contribution is 2.39. The van der Waals surface area contributed by atoms with Gasteiger partial charge in [-0.2, -0.15) is 0 Å². The van der Waals surface area contributed by atoms with Gasteiger partial charge in [0.15, 0.2) is 11.5 Å². The summed E-state index contributed by atoms with van der Waals surface area (Å²) < 4.78 is 15.8. The van der Waals surface area contributed by atoms with E-state index in [1.165, 1.54) is 26.9 Å². The van der Waals surface area contributed by atoms with E-state index in [0.29, 0.717) is 28.5 Å². The van der Waals surface area contributed by atoms with Crippen LogP contribution < -0.4 is 19.5 Å². The summed E-state index contributed by atoms with van der Waals surface area (Å²) in [4.78, 5) is 12.3. The van der Waals surface area contributed by atoms with E-state index in [-0.39, 0.29) is 5.91 Å². The van der Waals surface area contributed by atoms with E-state index >= 15 is 0 Å². The van der Waals surface area contributed by atoms with Crippen LogP contribution in [-0.2, 0) is 6.42 Å². The molecular weight excluding hydrogens is 294 g/mol. The van der Waals surface area contributed by atoms with E-state index in [9.17, 15) is 4.79 Å². The number of carbonyl (C=O) groups excluding carboxylic acids is 1. The predicted octanol–water partition coefficient (Wildman–Crippen LogP) is 3.53. The molecular formula is C18H21NO4. The van der Waals surface area contributed by atoms with Gasteiger partial charge in [0.25, 0.3) is 5.91 Å². The zero-order valence-electron chi connectivity index (χ0n) is 13.8. The lowest BCUT2D eigenvalue weighted by molar-refractivity contribution is 0.102. The molecule has 0 atom stereocenters. The lowest BCUT2D eigenvalue weighted by Gasteiger charge is -2.14. The van der Waals surface area contributed by atoms with Crippen LogP contribution >= 0.6 is 0 Å². The molecule has 0 aliphatic heterocycles. The van der Waals surface area contributed by atoms with Crippen LogP contribution in [0.4, 0.5) is 5.69 Å². The van der Waals surface area contributed by atoms with Crippen molar-refractivity contribution in [3.05, 3.63) is 47.5 Å². The van der Waals surface area contributed by atoms with Crippen molar-refractivity contribution < 1.29 is 19.0 Å². The summed E-state index contributed by atoms with van der Waals surface area (Å²) in [6.45, 7) is 2.07.